The van der Waals surface area contributed by atoms with E-state index in [0.717, 1.165) is 35.7 Å². The van der Waals surface area contributed by atoms with Crippen LogP contribution in [-0.2, 0) is 6.54 Å². The van der Waals surface area contributed by atoms with Crippen LogP contribution in [-0.4, -0.2) is 34.7 Å². The van der Waals surface area contributed by atoms with Crippen molar-refractivity contribution in [2.24, 2.45) is 5.92 Å². The van der Waals surface area contributed by atoms with Gasteiger partial charge in [0.15, 0.2) is 0 Å². The van der Waals surface area contributed by atoms with Crippen LogP contribution in [0, 0.1) is 5.92 Å². The molecule has 1 heterocycles. The van der Waals surface area contributed by atoms with Crippen molar-refractivity contribution in [2.75, 3.05) is 25.0 Å². The maximum absolute atomic E-state index is 4.25. The SMILES string of the molecule is CCNc1nnc(CN(CC)CC(CC)CC)s1. The van der Waals surface area contributed by atoms with Crippen LogP contribution in [0.1, 0.15) is 45.5 Å². The number of rotatable bonds is 9. The molecule has 0 aliphatic rings. The lowest BCUT2D eigenvalue weighted by molar-refractivity contribution is 0.225. The fraction of sp³-hybridized carbons (Fsp3) is 0.846. The standard InChI is InChI=1S/C13H26N4S/c1-5-11(6-2)9-17(8-4)10-12-15-16-13(18-12)14-7-3/h11H,5-10H2,1-4H3,(H,14,16). The van der Waals surface area contributed by atoms with E-state index in [-0.39, 0.29) is 0 Å². The Labute approximate surface area is 115 Å². The van der Waals surface area contributed by atoms with Crippen LogP contribution in [0.25, 0.3) is 0 Å². The molecule has 0 radical (unpaired) electrons. The molecule has 1 aromatic rings. The normalized spacial score (nSPS) is 11.4. The lowest BCUT2D eigenvalue weighted by atomic mass is 10.0. The van der Waals surface area contributed by atoms with Gasteiger partial charge in [-0.3, -0.25) is 4.90 Å². The number of aromatic nitrogens is 2. The van der Waals surface area contributed by atoms with Crippen molar-refractivity contribution in [3.63, 3.8) is 0 Å². The van der Waals surface area contributed by atoms with Gasteiger partial charge in [0.1, 0.15) is 5.01 Å². The van der Waals surface area contributed by atoms with E-state index >= 15 is 0 Å². The van der Waals surface area contributed by atoms with Crippen molar-refractivity contribution < 1.29 is 0 Å². The lowest BCUT2D eigenvalue weighted by Gasteiger charge is -2.23. The predicted octanol–water partition coefficient (Wildman–Crippen LogP) is 3.23. The zero-order chi connectivity index (χ0) is 13.4. The highest BCUT2D eigenvalue weighted by atomic mass is 32.1. The summed E-state index contributed by atoms with van der Waals surface area (Å²) in [5.74, 6) is 0.797. The monoisotopic (exact) mass is 270 g/mol. The van der Waals surface area contributed by atoms with Gasteiger partial charge in [0, 0.05) is 13.1 Å². The zero-order valence-electron chi connectivity index (χ0n) is 12.1. The highest BCUT2D eigenvalue weighted by Crippen LogP contribution is 2.18. The lowest BCUT2D eigenvalue weighted by Crippen LogP contribution is -2.28. The minimum atomic E-state index is 0.797. The molecule has 0 aromatic carbocycles. The average molecular weight is 270 g/mol. The van der Waals surface area contributed by atoms with Crippen LogP contribution in [0.3, 0.4) is 0 Å². The van der Waals surface area contributed by atoms with Crippen LogP contribution in [0.4, 0.5) is 5.13 Å². The molecule has 0 aliphatic carbocycles. The van der Waals surface area contributed by atoms with Gasteiger partial charge in [0.2, 0.25) is 5.13 Å². The molecule has 0 unspecified atom stereocenters. The third-order valence-corrected chi connectivity index (χ3v) is 4.14. The van der Waals surface area contributed by atoms with Crippen molar-refractivity contribution in [3.8, 4) is 0 Å². The van der Waals surface area contributed by atoms with E-state index in [1.807, 2.05) is 0 Å². The van der Waals surface area contributed by atoms with E-state index in [4.69, 9.17) is 0 Å². The van der Waals surface area contributed by atoms with Gasteiger partial charge in [-0.25, -0.2) is 0 Å². The van der Waals surface area contributed by atoms with Gasteiger partial charge in [0.05, 0.1) is 6.54 Å². The van der Waals surface area contributed by atoms with E-state index in [2.05, 4.69) is 48.1 Å². The van der Waals surface area contributed by atoms with Gasteiger partial charge in [-0.05, 0) is 19.4 Å². The Kier molecular flexibility index (Phi) is 7.20. The fourth-order valence-electron chi connectivity index (χ4n) is 1.95. The molecular formula is C13H26N4S. The quantitative estimate of drug-likeness (QED) is 0.748. The van der Waals surface area contributed by atoms with Crippen molar-refractivity contribution >= 4 is 16.5 Å². The molecular weight excluding hydrogens is 244 g/mol. The second kappa shape index (κ2) is 8.43. The Hall–Kier alpha value is -0.680. The van der Waals surface area contributed by atoms with Crippen molar-refractivity contribution in [1.82, 2.24) is 15.1 Å². The van der Waals surface area contributed by atoms with Crippen LogP contribution < -0.4 is 5.32 Å². The van der Waals surface area contributed by atoms with E-state index in [9.17, 15) is 0 Å². The molecule has 18 heavy (non-hydrogen) atoms. The topological polar surface area (TPSA) is 41.1 Å². The molecule has 1 rings (SSSR count). The fourth-order valence-corrected chi connectivity index (χ4v) is 2.80. The van der Waals surface area contributed by atoms with E-state index in [1.165, 1.54) is 19.4 Å². The molecule has 1 aromatic heterocycles. The van der Waals surface area contributed by atoms with Crippen LogP contribution >= 0.6 is 11.3 Å². The smallest absolute Gasteiger partial charge is 0.205 e. The first-order valence-electron chi connectivity index (χ1n) is 7.01. The Balaban J connectivity index is 2.50. The van der Waals surface area contributed by atoms with Crippen LogP contribution in [0.2, 0.25) is 0 Å². The summed E-state index contributed by atoms with van der Waals surface area (Å²) in [6, 6.07) is 0. The minimum absolute atomic E-state index is 0.797. The third-order valence-electron chi connectivity index (χ3n) is 3.27. The molecule has 0 bridgehead atoms. The van der Waals surface area contributed by atoms with Crippen molar-refractivity contribution in [1.29, 1.82) is 0 Å². The summed E-state index contributed by atoms with van der Waals surface area (Å²) in [5.41, 5.74) is 0. The highest BCUT2D eigenvalue weighted by molar-refractivity contribution is 7.15. The van der Waals surface area contributed by atoms with E-state index in [1.54, 1.807) is 11.3 Å². The zero-order valence-corrected chi connectivity index (χ0v) is 12.9. The Morgan fingerprint density at radius 1 is 1.17 bits per heavy atom. The van der Waals surface area contributed by atoms with Crippen molar-refractivity contribution in [2.45, 2.75) is 47.1 Å². The summed E-state index contributed by atoms with van der Waals surface area (Å²) in [4.78, 5) is 2.47. The Morgan fingerprint density at radius 3 is 2.44 bits per heavy atom. The van der Waals surface area contributed by atoms with Gasteiger partial charge in [-0.15, -0.1) is 10.2 Å². The molecule has 0 spiro atoms. The number of nitrogens with one attached hydrogen (secondary N) is 1. The summed E-state index contributed by atoms with van der Waals surface area (Å²) in [6.07, 6.45) is 2.51. The molecule has 0 fully saturated rings. The molecule has 104 valence electrons. The van der Waals surface area contributed by atoms with Gasteiger partial charge < -0.3 is 5.32 Å². The molecule has 0 aliphatic heterocycles. The maximum Gasteiger partial charge on any atom is 0.205 e. The van der Waals surface area contributed by atoms with Gasteiger partial charge in [-0.1, -0.05) is 44.9 Å². The largest absolute Gasteiger partial charge is 0.360 e. The van der Waals surface area contributed by atoms with Crippen molar-refractivity contribution in [3.05, 3.63) is 5.01 Å². The highest BCUT2D eigenvalue weighted by Gasteiger charge is 2.12. The average Bonchev–Trinajstić information content (AvgIpc) is 2.82. The summed E-state index contributed by atoms with van der Waals surface area (Å²) in [5, 5.41) is 13.6. The predicted molar refractivity (Wildman–Crippen MR) is 79.1 cm³/mol. The molecule has 0 atom stereocenters. The van der Waals surface area contributed by atoms with Gasteiger partial charge in [-0.2, -0.15) is 0 Å². The first-order chi connectivity index (χ1) is 8.73. The molecule has 0 amide bonds. The molecule has 4 nitrogen and oxygen atoms in total. The molecule has 0 saturated carbocycles. The second-order valence-corrected chi connectivity index (χ2v) is 5.60. The molecule has 0 saturated heterocycles. The Morgan fingerprint density at radius 2 is 1.89 bits per heavy atom. The third kappa shape index (κ3) is 4.90. The molecule has 5 heteroatoms. The summed E-state index contributed by atoms with van der Waals surface area (Å²) >= 11 is 1.67. The first-order valence-corrected chi connectivity index (χ1v) is 7.83. The van der Waals surface area contributed by atoms with Crippen LogP contribution in [0.5, 0.6) is 0 Å². The number of hydrogen-bond acceptors (Lipinski definition) is 5. The van der Waals surface area contributed by atoms with E-state index in [0.29, 0.717) is 0 Å². The maximum atomic E-state index is 4.25. The summed E-state index contributed by atoms with van der Waals surface area (Å²) in [7, 11) is 0. The van der Waals surface area contributed by atoms with Crippen LogP contribution in [0.15, 0.2) is 0 Å². The first kappa shape index (κ1) is 15.4. The second-order valence-electron chi connectivity index (χ2n) is 4.54. The summed E-state index contributed by atoms with van der Waals surface area (Å²) in [6.45, 7) is 12.9. The molecule has 1 N–H and O–H groups in total. The minimum Gasteiger partial charge on any atom is -0.360 e. The van der Waals surface area contributed by atoms with Gasteiger partial charge in [0.25, 0.3) is 0 Å². The number of nitrogens with zero attached hydrogens (tertiary/aromatic N) is 3. The van der Waals surface area contributed by atoms with E-state index < -0.39 is 0 Å². The Bertz CT molecular complexity index is 323. The van der Waals surface area contributed by atoms with Gasteiger partial charge >= 0.3 is 0 Å². The number of anilines is 1. The summed E-state index contributed by atoms with van der Waals surface area (Å²) < 4.78 is 0. The number of hydrogen-bond donors (Lipinski definition) is 1.